The first-order valence-corrected chi connectivity index (χ1v) is 31.0. The SMILES string of the molecule is CCCCCCCCCCCC/C=C/C(O)C(COC1OC(CO)C(O)C(O)C1OC(=O)CCCCCCCCCCCCC)NC(=O)C(O)CCCCCCCCCCCCCCCCCCCCCC. The van der Waals surface area contributed by atoms with Gasteiger partial charge >= 0.3 is 5.97 Å². The van der Waals surface area contributed by atoms with Crippen LogP contribution in [-0.4, -0.2) is 99.6 Å². The van der Waals surface area contributed by atoms with Gasteiger partial charge in [0.2, 0.25) is 5.91 Å². The second-order valence-electron chi connectivity index (χ2n) is 21.8. The minimum absolute atomic E-state index is 0.130. The molecule has 1 aliphatic rings. The van der Waals surface area contributed by atoms with E-state index in [-0.39, 0.29) is 13.0 Å². The van der Waals surface area contributed by atoms with Crippen molar-refractivity contribution in [2.24, 2.45) is 0 Å². The van der Waals surface area contributed by atoms with Gasteiger partial charge in [0.25, 0.3) is 0 Å². The number of rotatable bonds is 53. The quantitative estimate of drug-likeness (QED) is 0.0195. The topological polar surface area (TPSA) is 175 Å². The molecule has 0 radical (unpaired) electrons. The Hall–Kier alpha value is -1.60. The Morgan fingerprint density at radius 2 is 0.903 bits per heavy atom. The van der Waals surface area contributed by atoms with E-state index in [1.165, 1.54) is 199 Å². The highest BCUT2D eigenvalue weighted by molar-refractivity contribution is 5.80. The number of esters is 1. The molecule has 1 heterocycles. The first-order valence-electron chi connectivity index (χ1n) is 31.0. The molecule has 72 heavy (non-hydrogen) atoms. The molecule has 1 rings (SSSR count). The lowest BCUT2D eigenvalue weighted by molar-refractivity contribution is -0.305. The second-order valence-corrected chi connectivity index (χ2v) is 21.8. The molecule has 11 nitrogen and oxygen atoms in total. The summed E-state index contributed by atoms with van der Waals surface area (Å²) in [7, 11) is 0. The Morgan fingerprint density at radius 1 is 0.528 bits per heavy atom. The number of hydrogen-bond donors (Lipinski definition) is 6. The van der Waals surface area contributed by atoms with Crippen LogP contribution >= 0.6 is 0 Å². The number of unbranched alkanes of at least 4 members (excludes halogenated alkanes) is 39. The maximum atomic E-state index is 13.4. The zero-order chi connectivity index (χ0) is 52.5. The van der Waals surface area contributed by atoms with E-state index in [2.05, 4.69) is 26.1 Å². The second kappa shape index (κ2) is 50.2. The minimum Gasteiger partial charge on any atom is -0.454 e. The van der Waals surface area contributed by atoms with Crippen LogP contribution in [-0.2, 0) is 23.8 Å². The molecule has 8 atom stereocenters. The Bertz CT molecular complexity index is 1220. The van der Waals surface area contributed by atoms with E-state index in [1.807, 2.05) is 6.08 Å². The third-order valence-corrected chi connectivity index (χ3v) is 14.9. The van der Waals surface area contributed by atoms with Gasteiger partial charge in [0.15, 0.2) is 12.4 Å². The van der Waals surface area contributed by atoms with Gasteiger partial charge in [-0.1, -0.05) is 283 Å². The number of allylic oxidation sites excluding steroid dienone is 1. The summed E-state index contributed by atoms with van der Waals surface area (Å²) < 4.78 is 17.6. The van der Waals surface area contributed by atoms with E-state index >= 15 is 0 Å². The Labute approximate surface area is 442 Å². The van der Waals surface area contributed by atoms with Gasteiger partial charge < -0.3 is 45.1 Å². The smallest absolute Gasteiger partial charge is 0.306 e. The summed E-state index contributed by atoms with van der Waals surface area (Å²) in [6.45, 7) is 5.80. The maximum Gasteiger partial charge on any atom is 0.306 e. The zero-order valence-electron chi connectivity index (χ0n) is 47.1. The van der Waals surface area contributed by atoms with E-state index in [0.29, 0.717) is 19.3 Å². The van der Waals surface area contributed by atoms with E-state index in [1.54, 1.807) is 6.08 Å². The van der Waals surface area contributed by atoms with Gasteiger partial charge in [0, 0.05) is 6.42 Å². The number of aliphatic hydroxyl groups is 5. The number of amides is 1. The standard InChI is InChI=1S/C61H117NO10/c1-4-7-10-13-16-19-22-24-25-26-27-28-29-30-31-34-36-39-42-45-48-54(65)60(69)62-52(53(64)47-44-41-38-35-33-23-20-17-14-11-8-5-2)51-70-61-59(58(68)57(67)55(50-63)71-61)72-56(66)49-46-43-40-37-32-21-18-15-12-9-6-3/h44,47,52-55,57-59,61,63-65,67-68H,4-43,45-46,48-51H2,1-3H3,(H,62,69)/b47-44+. The molecule has 0 spiro atoms. The number of carbonyl (C=O) groups is 2. The molecule has 11 heteroatoms. The lowest BCUT2D eigenvalue weighted by atomic mass is 9.99. The first kappa shape index (κ1) is 68.4. The molecule has 1 fully saturated rings. The monoisotopic (exact) mass is 1020 g/mol. The largest absolute Gasteiger partial charge is 0.454 e. The van der Waals surface area contributed by atoms with Crippen molar-refractivity contribution in [1.82, 2.24) is 5.32 Å². The minimum atomic E-state index is -1.60. The van der Waals surface area contributed by atoms with Crippen molar-refractivity contribution in [1.29, 1.82) is 0 Å². The average Bonchev–Trinajstić information content (AvgIpc) is 3.38. The van der Waals surface area contributed by atoms with Crippen LogP contribution in [0.4, 0.5) is 0 Å². The number of ether oxygens (including phenoxy) is 3. The lowest BCUT2D eigenvalue weighted by Gasteiger charge is -2.41. The van der Waals surface area contributed by atoms with Gasteiger partial charge in [0.05, 0.1) is 25.4 Å². The van der Waals surface area contributed by atoms with Gasteiger partial charge in [-0.15, -0.1) is 0 Å². The Morgan fingerprint density at radius 3 is 1.31 bits per heavy atom. The van der Waals surface area contributed by atoms with Crippen LogP contribution in [0.25, 0.3) is 0 Å². The summed E-state index contributed by atoms with van der Waals surface area (Å²) >= 11 is 0. The first-order chi connectivity index (χ1) is 35.2. The maximum absolute atomic E-state index is 13.4. The molecule has 0 aromatic rings. The van der Waals surface area contributed by atoms with Crippen molar-refractivity contribution < 1.29 is 49.3 Å². The van der Waals surface area contributed by atoms with Gasteiger partial charge in [0.1, 0.15) is 24.4 Å². The summed E-state index contributed by atoms with van der Waals surface area (Å²) in [5.74, 6) is -1.18. The molecule has 1 amide bonds. The van der Waals surface area contributed by atoms with Crippen molar-refractivity contribution in [3.63, 3.8) is 0 Å². The molecule has 0 aromatic carbocycles. The van der Waals surface area contributed by atoms with Crippen molar-refractivity contribution in [3.05, 3.63) is 12.2 Å². The number of aliphatic hydroxyl groups excluding tert-OH is 5. The van der Waals surface area contributed by atoms with Crippen LogP contribution in [0.15, 0.2) is 12.2 Å². The summed E-state index contributed by atoms with van der Waals surface area (Å²) in [6.07, 6.45) is 45.5. The molecular formula is C61H117NO10. The average molecular weight is 1020 g/mol. The fraction of sp³-hybridized carbons (Fsp3) is 0.934. The molecule has 6 N–H and O–H groups in total. The predicted molar refractivity (Wildman–Crippen MR) is 297 cm³/mol. The van der Waals surface area contributed by atoms with Crippen molar-refractivity contribution in [3.8, 4) is 0 Å². The van der Waals surface area contributed by atoms with E-state index in [0.717, 1.165) is 57.8 Å². The van der Waals surface area contributed by atoms with Crippen LogP contribution < -0.4 is 5.32 Å². The molecule has 426 valence electrons. The van der Waals surface area contributed by atoms with Gasteiger partial charge in [-0.2, -0.15) is 0 Å². The molecule has 0 aliphatic carbocycles. The molecule has 1 saturated heterocycles. The summed E-state index contributed by atoms with van der Waals surface area (Å²) in [5.41, 5.74) is 0. The third kappa shape index (κ3) is 38.0. The van der Waals surface area contributed by atoms with Gasteiger partial charge in [-0.3, -0.25) is 9.59 Å². The highest BCUT2D eigenvalue weighted by Crippen LogP contribution is 2.26. The predicted octanol–water partition coefficient (Wildman–Crippen LogP) is 14.3. The van der Waals surface area contributed by atoms with Crippen LogP contribution in [0.2, 0.25) is 0 Å². The van der Waals surface area contributed by atoms with Gasteiger partial charge in [-0.05, 0) is 25.7 Å². The molecule has 1 aliphatic heterocycles. The molecular weight excluding hydrogens is 907 g/mol. The van der Waals surface area contributed by atoms with E-state index in [4.69, 9.17) is 14.2 Å². The Balaban J connectivity index is 2.64. The van der Waals surface area contributed by atoms with Crippen LogP contribution in [0.5, 0.6) is 0 Å². The molecule has 0 aromatic heterocycles. The lowest BCUT2D eigenvalue weighted by Crippen LogP contribution is -2.61. The number of nitrogens with one attached hydrogen (secondary N) is 1. The molecule has 0 saturated carbocycles. The van der Waals surface area contributed by atoms with E-state index < -0.39 is 67.4 Å². The molecule has 0 bridgehead atoms. The van der Waals surface area contributed by atoms with E-state index in [9.17, 15) is 35.1 Å². The van der Waals surface area contributed by atoms with Gasteiger partial charge in [-0.25, -0.2) is 0 Å². The van der Waals surface area contributed by atoms with Crippen LogP contribution in [0.1, 0.15) is 303 Å². The fourth-order valence-corrected chi connectivity index (χ4v) is 10.0. The van der Waals surface area contributed by atoms with Crippen LogP contribution in [0.3, 0.4) is 0 Å². The van der Waals surface area contributed by atoms with Crippen molar-refractivity contribution in [2.45, 2.75) is 352 Å². The molecule has 8 unspecified atom stereocenters. The normalized spacial score (nSPS) is 19.5. The van der Waals surface area contributed by atoms with Crippen LogP contribution in [0, 0.1) is 0 Å². The third-order valence-electron chi connectivity index (χ3n) is 14.9. The fourth-order valence-electron chi connectivity index (χ4n) is 10.0. The van der Waals surface area contributed by atoms with Crippen molar-refractivity contribution in [2.75, 3.05) is 13.2 Å². The highest BCUT2D eigenvalue weighted by Gasteiger charge is 2.47. The zero-order valence-corrected chi connectivity index (χ0v) is 47.1. The summed E-state index contributed by atoms with van der Waals surface area (Å²) in [5, 5.41) is 56.9. The van der Waals surface area contributed by atoms with Crippen molar-refractivity contribution >= 4 is 11.9 Å². The number of carbonyl (C=O) groups excluding carboxylic acids is 2. The summed E-state index contributed by atoms with van der Waals surface area (Å²) in [6, 6.07) is -1.01. The summed E-state index contributed by atoms with van der Waals surface area (Å²) in [4.78, 5) is 26.5. The number of hydrogen-bond acceptors (Lipinski definition) is 10. The Kier molecular flexibility index (Phi) is 47.7. The highest BCUT2D eigenvalue weighted by atomic mass is 16.7.